The molecule has 1 atom stereocenters. The van der Waals surface area contributed by atoms with Crippen molar-refractivity contribution in [2.24, 2.45) is 0 Å². The molecule has 100 valence electrons. The minimum atomic E-state index is -4.53. The van der Waals surface area contributed by atoms with Crippen LogP contribution in [-0.4, -0.2) is 37.2 Å². The Balaban J connectivity index is 3.26. The van der Waals surface area contributed by atoms with Gasteiger partial charge in [-0.25, -0.2) is 0 Å². The van der Waals surface area contributed by atoms with E-state index in [2.05, 4.69) is 15.9 Å². The number of aromatic hydroxyl groups is 2. The highest BCUT2D eigenvalue weighted by molar-refractivity contribution is 9.10. The lowest BCUT2D eigenvalue weighted by Gasteiger charge is -2.16. The normalized spacial score (nSPS) is 13.3. The molecule has 1 aromatic carbocycles. The molecule has 0 spiro atoms. The van der Waals surface area contributed by atoms with Crippen LogP contribution in [0.25, 0.3) is 0 Å². The molecule has 0 bridgehead atoms. The summed E-state index contributed by atoms with van der Waals surface area (Å²) in [5, 5.41) is 27.5. The summed E-state index contributed by atoms with van der Waals surface area (Å²) in [6, 6.07) is 2.01. The van der Waals surface area contributed by atoms with Crippen molar-refractivity contribution in [2.75, 3.05) is 6.16 Å². The second-order valence-electron chi connectivity index (χ2n) is 3.60. The van der Waals surface area contributed by atoms with E-state index in [1.165, 1.54) is 0 Å². The summed E-state index contributed by atoms with van der Waals surface area (Å²) in [7, 11) is -4.53. The summed E-state index contributed by atoms with van der Waals surface area (Å²) in [6.45, 7) is 0. The molecule has 1 rings (SSSR count). The van der Waals surface area contributed by atoms with Crippen molar-refractivity contribution in [1.29, 1.82) is 0 Å². The van der Waals surface area contributed by atoms with Crippen molar-refractivity contribution < 1.29 is 34.5 Å². The summed E-state index contributed by atoms with van der Waals surface area (Å²) in [4.78, 5) is 28.7. The number of phenols is 2. The lowest BCUT2D eigenvalue weighted by Crippen LogP contribution is -2.16. The molecule has 18 heavy (non-hydrogen) atoms. The molecule has 0 aliphatic carbocycles. The van der Waals surface area contributed by atoms with Crippen LogP contribution in [0, 0.1) is 0 Å². The summed E-state index contributed by atoms with van der Waals surface area (Å²) < 4.78 is 11.0. The van der Waals surface area contributed by atoms with Gasteiger partial charge in [0.1, 0.15) is 0 Å². The summed E-state index contributed by atoms with van der Waals surface area (Å²) in [6.07, 6.45) is -0.898. The fourth-order valence-electron chi connectivity index (χ4n) is 1.38. The smallest absolute Gasteiger partial charge is 0.326 e. The average Bonchev–Trinajstić information content (AvgIpc) is 2.19. The number of carboxylic acids is 1. The molecule has 0 saturated heterocycles. The van der Waals surface area contributed by atoms with E-state index < -0.39 is 37.1 Å². The molecule has 0 aliphatic rings. The number of carbonyl (C=O) groups is 1. The quantitative estimate of drug-likeness (QED) is 0.410. The maximum absolute atomic E-state index is 11.0. The lowest BCUT2D eigenvalue weighted by molar-refractivity contribution is -0.138. The third-order valence-electron chi connectivity index (χ3n) is 2.19. The zero-order chi connectivity index (χ0) is 14.1. The van der Waals surface area contributed by atoms with Gasteiger partial charge in [0.05, 0.1) is 12.1 Å². The zero-order valence-electron chi connectivity index (χ0n) is 8.82. The Morgan fingerprint density at radius 3 is 2.22 bits per heavy atom. The molecular weight excluding hydrogens is 331 g/mol. The fourth-order valence-corrected chi connectivity index (χ4v) is 2.82. The molecule has 7 nitrogen and oxygen atoms in total. The minimum absolute atomic E-state index is 0.0267. The van der Waals surface area contributed by atoms with Gasteiger partial charge in [-0.3, -0.25) is 9.36 Å². The first-order chi connectivity index (χ1) is 8.11. The maximum atomic E-state index is 11.0. The largest absolute Gasteiger partial charge is 0.504 e. The third-order valence-corrected chi connectivity index (χ3v) is 3.72. The Kier molecular flexibility index (Phi) is 4.39. The number of hydrogen-bond donors (Lipinski definition) is 5. The molecule has 5 N–H and O–H groups in total. The van der Waals surface area contributed by atoms with Crippen molar-refractivity contribution in [1.82, 2.24) is 0 Å². The van der Waals surface area contributed by atoms with Crippen LogP contribution in [0.4, 0.5) is 0 Å². The van der Waals surface area contributed by atoms with Crippen molar-refractivity contribution in [3.63, 3.8) is 0 Å². The summed E-state index contributed by atoms with van der Waals surface area (Å²) >= 11 is 2.97. The molecule has 0 fully saturated rings. The first kappa shape index (κ1) is 15.0. The number of rotatable bonds is 4. The van der Waals surface area contributed by atoms with Gasteiger partial charge in [-0.1, -0.05) is 15.9 Å². The van der Waals surface area contributed by atoms with Crippen LogP contribution in [0.15, 0.2) is 16.6 Å². The van der Waals surface area contributed by atoms with Gasteiger partial charge in [0.25, 0.3) is 0 Å². The standard InChI is InChI=1S/C9H10BrO7P/c10-6-2-8(12)7(11)1-4(6)5(9(13)14)3-18(15,16)17/h1-2,5,11-12H,3H2,(H,13,14)(H2,15,16,17). The van der Waals surface area contributed by atoms with Crippen LogP contribution in [0.3, 0.4) is 0 Å². The van der Waals surface area contributed by atoms with E-state index in [1.807, 2.05) is 0 Å². The van der Waals surface area contributed by atoms with Gasteiger partial charge >= 0.3 is 13.6 Å². The molecule has 9 heteroatoms. The molecule has 0 saturated carbocycles. The van der Waals surface area contributed by atoms with E-state index in [4.69, 9.17) is 14.9 Å². The van der Waals surface area contributed by atoms with Crippen LogP contribution in [0.5, 0.6) is 11.5 Å². The van der Waals surface area contributed by atoms with Gasteiger partial charge in [-0.05, 0) is 17.7 Å². The van der Waals surface area contributed by atoms with Crippen molar-refractivity contribution in [2.45, 2.75) is 5.92 Å². The maximum Gasteiger partial charge on any atom is 0.326 e. The lowest BCUT2D eigenvalue weighted by atomic mass is 10.0. The molecule has 0 heterocycles. The molecule has 0 amide bonds. The van der Waals surface area contributed by atoms with Crippen LogP contribution >= 0.6 is 23.5 Å². The van der Waals surface area contributed by atoms with E-state index in [0.29, 0.717) is 0 Å². The van der Waals surface area contributed by atoms with Gasteiger partial charge in [0, 0.05) is 4.47 Å². The SMILES string of the molecule is O=C(O)C(CP(=O)(O)O)c1cc(O)c(O)cc1Br. The van der Waals surface area contributed by atoms with Crippen molar-refractivity contribution in [3.8, 4) is 11.5 Å². The van der Waals surface area contributed by atoms with E-state index in [9.17, 15) is 19.6 Å². The highest BCUT2D eigenvalue weighted by Crippen LogP contribution is 2.43. The monoisotopic (exact) mass is 340 g/mol. The summed E-state index contributed by atoms with van der Waals surface area (Å²) in [5.74, 6) is -3.97. The Morgan fingerprint density at radius 1 is 1.28 bits per heavy atom. The number of halogens is 1. The van der Waals surface area contributed by atoms with Gasteiger partial charge in [0.2, 0.25) is 0 Å². The van der Waals surface area contributed by atoms with Gasteiger partial charge < -0.3 is 25.1 Å². The fraction of sp³-hybridized carbons (Fsp3) is 0.222. The number of benzene rings is 1. The summed E-state index contributed by atoms with van der Waals surface area (Å²) in [5.41, 5.74) is -0.0267. The van der Waals surface area contributed by atoms with E-state index in [0.717, 1.165) is 12.1 Å². The highest BCUT2D eigenvalue weighted by atomic mass is 79.9. The van der Waals surface area contributed by atoms with Crippen LogP contribution in [0.1, 0.15) is 11.5 Å². The van der Waals surface area contributed by atoms with E-state index in [-0.39, 0.29) is 10.0 Å². The topological polar surface area (TPSA) is 135 Å². The predicted octanol–water partition coefficient (Wildman–Crippen LogP) is 1.21. The van der Waals surface area contributed by atoms with Crippen molar-refractivity contribution >= 4 is 29.5 Å². The zero-order valence-corrected chi connectivity index (χ0v) is 11.3. The second-order valence-corrected chi connectivity index (χ2v) is 6.15. The van der Waals surface area contributed by atoms with Crippen LogP contribution in [0.2, 0.25) is 0 Å². The highest BCUT2D eigenvalue weighted by Gasteiger charge is 2.30. The van der Waals surface area contributed by atoms with Crippen LogP contribution in [-0.2, 0) is 9.36 Å². The van der Waals surface area contributed by atoms with Gasteiger partial charge in [0.15, 0.2) is 11.5 Å². The first-order valence-electron chi connectivity index (χ1n) is 4.60. The number of carboxylic acid groups (broad SMARTS) is 1. The Labute approximate surface area is 110 Å². The predicted molar refractivity (Wildman–Crippen MR) is 64.8 cm³/mol. The van der Waals surface area contributed by atoms with Gasteiger partial charge in [-0.2, -0.15) is 0 Å². The second kappa shape index (κ2) is 5.27. The Bertz CT molecular complexity index is 524. The molecule has 1 unspecified atom stereocenters. The third kappa shape index (κ3) is 3.71. The number of hydrogen-bond acceptors (Lipinski definition) is 4. The minimum Gasteiger partial charge on any atom is -0.504 e. The van der Waals surface area contributed by atoms with Crippen molar-refractivity contribution in [3.05, 3.63) is 22.2 Å². The Hall–Kier alpha value is -1.08. The number of aliphatic carboxylic acids is 1. The van der Waals surface area contributed by atoms with E-state index >= 15 is 0 Å². The number of phenolic OH excluding ortho intramolecular Hbond substituents is 2. The molecular formula is C9H10BrO7P. The van der Waals surface area contributed by atoms with Gasteiger partial charge in [-0.15, -0.1) is 0 Å². The first-order valence-corrected chi connectivity index (χ1v) is 7.19. The van der Waals surface area contributed by atoms with E-state index in [1.54, 1.807) is 0 Å². The Morgan fingerprint density at radius 2 is 1.78 bits per heavy atom. The molecule has 0 radical (unpaired) electrons. The molecule has 0 aliphatic heterocycles. The molecule has 1 aromatic rings. The average molecular weight is 341 g/mol. The molecule has 0 aromatic heterocycles. The van der Waals surface area contributed by atoms with Crippen LogP contribution < -0.4 is 0 Å².